The molecule has 1 aliphatic carbocycles. The van der Waals surface area contributed by atoms with Crippen molar-refractivity contribution >= 4 is 29.0 Å². The third kappa shape index (κ3) is 4.14. The molecule has 5 nitrogen and oxygen atoms in total. The number of thioether (sulfide) groups is 1. The van der Waals surface area contributed by atoms with E-state index in [1.165, 1.54) is 35.9 Å². The van der Waals surface area contributed by atoms with Gasteiger partial charge in [-0.15, -0.1) is 21.5 Å². The van der Waals surface area contributed by atoms with E-state index in [4.69, 9.17) is 0 Å². The summed E-state index contributed by atoms with van der Waals surface area (Å²) < 4.78 is 1.96. The van der Waals surface area contributed by atoms with Crippen LogP contribution in [-0.2, 0) is 11.8 Å². The summed E-state index contributed by atoms with van der Waals surface area (Å²) in [6.45, 7) is 2.08. The number of nitrogens with zero attached hydrogens (tertiary/aromatic N) is 3. The van der Waals surface area contributed by atoms with E-state index in [0.29, 0.717) is 11.8 Å². The lowest BCUT2D eigenvalue weighted by molar-refractivity contribution is -0.119. The zero-order valence-electron chi connectivity index (χ0n) is 13.5. The number of aryl methyl sites for hydroxylation is 1. The zero-order valence-corrected chi connectivity index (χ0v) is 15.2. The fourth-order valence-electron chi connectivity index (χ4n) is 2.90. The summed E-state index contributed by atoms with van der Waals surface area (Å²) in [5, 5.41) is 14.5. The van der Waals surface area contributed by atoms with Crippen LogP contribution in [0.15, 0.2) is 16.6 Å². The van der Waals surface area contributed by atoms with Gasteiger partial charge in [0.1, 0.15) is 0 Å². The van der Waals surface area contributed by atoms with Crippen molar-refractivity contribution in [1.82, 2.24) is 20.1 Å². The van der Waals surface area contributed by atoms with Crippen LogP contribution in [-0.4, -0.2) is 32.5 Å². The van der Waals surface area contributed by atoms with E-state index in [1.807, 2.05) is 11.6 Å². The minimum Gasteiger partial charge on any atom is -0.353 e. The van der Waals surface area contributed by atoms with Crippen molar-refractivity contribution in [3.05, 3.63) is 16.3 Å². The molecule has 0 bridgehead atoms. The predicted molar refractivity (Wildman–Crippen MR) is 94.8 cm³/mol. The van der Waals surface area contributed by atoms with Crippen molar-refractivity contribution < 1.29 is 4.79 Å². The van der Waals surface area contributed by atoms with Crippen molar-refractivity contribution in [3.63, 3.8) is 0 Å². The molecule has 2 aromatic heterocycles. The lowest BCUT2D eigenvalue weighted by Gasteiger charge is -2.22. The number of thiophene rings is 1. The standard InChI is InChI=1S/C16H22N4OS2/c1-11-8-12(9-22-11)15-18-19-16(20(15)2)23-10-14(21)17-13-6-4-3-5-7-13/h8-9,13H,3-7,10H2,1-2H3,(H,17,21). The number of rotatable bonds is 5. The highest BCUT2D eigenvalue weighted by atomic mass is 32.2. The topological polar surface area (TPSA) is 59.8 Å². The second-order valence-electron chi connectivity index (χ2n) is 6.00. The van der Waals surface area contributed by atoms with E-state index in [0.717, 1.165) is 29.4 Å². The summed E-state index contributed by atoms with van der Waals surface area (Å²) in [5.41, 5.74) is 1.08. The first-order valence-electron chi connectivity index (χ1n) is 8.00. The van der Waals surface area contributed by atoms with Crippen molar-refractivity contribution in [3.8, 4) is 11.4 Å². The van der Waals surface area contributed by atoms with Crippen molar-refractivity contribution in [2.24, 2.45) is 7.05 Å². The quantitative estimate of drug-likeness (QED) is 0.840. The van der Waals surface area contributed by atoms with Crippen LogP contribution >= 0.6 is 23.1 Å². The van der Waals surface area contributed by atoms with Gasteiger partial charge in [-0.05, 0) is 25.8 Å². The smallest absolute Gasteiger partial charge is 0.230 e. The van der Waals surface area contributed by atoms with E-state index in [2.05, 4.69) is 33.9 Å². The van der Waals surface area contributed by atoms with E-state index in [-0.39, 0.29) is 5.91 Å². The van der Waals surface area contributed by atoms with Gasteiger partial charge in [-0.1, -0.05) is 31.0 Å². The molecule has 0 atom stereocenters. The molecule has 1 N–H and O–H groups in total. The summed E-state index contributed by atoms with van der Waals surface area (Å²) in [6.07, 6.45) is 5.98. The second-order valence-corrected chi connectivity index (χ2v) is 8.06. The van der Waals surface area contributed by atoms with Crippen LogP contribution in [0.5, 0.6) is 0 Å². The lowest BCUT2D eigenvalue weighted by atomic mass is 9.95. The van der Waals surface area contributed by atoms with E-state index in [9.17, 15) is 4.79 Å². The van der Waals surface area contributed by atoms with Gasteiger partial charge in [-0.3, -0.25) is 4.79 Å². The number of nitrogens with one attached hydrogen (secondary N) is 1. The summed E-state index contributed by atoms with van der Waals surface area (Å²) in [7, 11) is 1.95. The fourth-order valence-corrected chi connectivity index (χ4v) is 4.30. The largest absolute Gasteiger partial charge is 0.353 e. The molecule has 23 heavy (non-hydrogen) atoms. The van der Waals surface area contributed by atoms with Gasteiger partial charge in [0.2, 0.25) is 5.91 Å². The molecule has 0 aromatic carbocycles. The Labute approximate surface area is 144 Å². The highest BCUT2D eigenvalue weighted by Gasteiger charge is 2.17. The number of carbonyl (C=O) groups is 1. The third-order valence-corrected chi connectivity index (χ3v) is 6.01. The minimum atomic E-state index is 0.0952. The Hall–Kier alpha value is -1.34. The molecule has 0 radical (unpaired) electrons. The Bertz CT molecular complexity index is 673. The molecular weight excluding hydrogens is 328 g/mol. The molecule has 3 rings (SSSR count). The minimum absolute atomic E-state index is 0.0952. The van der Waals surface area contributed by atoms with Crippen molar-refractivity contribution in [1.29, 1.82) is 0 Å². The number of hydrogen-bond donors (Lipinski definition) is 1. The summed E-state index contributed by atoms with van der Waals surface area (Å²) in [5.74, 6) is 1.34. The maximum atomic E-state index is 12.1. The molecule has 2 aromatic rings. The van der Waals surface area contributed by atoms with Crippen LogP contribution in [0.25, 0.3) is 11.4 Å². The lowest BCUT2D eigenvalue weighted by Crippen LogP contribution is -2.37. The molecule has 0 saturated heterocycles. The Kier molecular flexibility index (Phi) is 5.38. The number of carbonyl (C=O) groups excluding carboxylic acids is 1. The first-order valence-corrected chi connectivity index (χ1v) is 9.87. The van der Waals surface area contributed by atoms with Gasteiger partial charge in [-0.25, -0.2) is 0 Å². The summed E-state index contributed by atoms with van der Waals surface area (Å²) in [4.78, 5) is 13.3. The molecule has 1 fully saturated rings. The number of aromatic nitrogens is 3. The van der Waals surface area contributed by atoms with Crippen LogP contribution in [0.1, 0.15) is 37.0 Å². The van der Waals surface area contributed by atoms with Crippen LogP contribution in [0.3, 0.4) is 0 Å². The molecule has 7 heteroatoms. The molecule has 2 heterocycles. The van der Waals surface area contributed by atoms with Gasteiger partial charge in [0.15, 0.2) is 11.0 Å². The van der Waals surface area contributed by atoms with E-state index < -0.39 is 0 Å². The maximum Gasteiger partial charge on any atom is 0.230 e. The zero-order chi connectivity index (χ0) is 16.2. The number of hydrogen-bond acceptors (Lipinski definition) is 5. The molecule has 1 amide bonds. The van der Waals surface area contributed by atoms with Gasteiger partial charge in [0, 0.05) is 28.9 Å². The third-order valence-electron chi connectivity index (χ3n) is 4.13. The molecule has 1 aliphatic rings. The van der Waals surface area contributed by atoms with Gasteiger partial charge in [-0.2, -0.15) is 0 Å². The number of amides is 1. The first kappa shape index (κ1) is 16.5. The van der Waals surface area contributed by atoms with Crippen molar-refractivity contribution in [2.75, 3.05) is 5.75 Å². The molecule has 0 spiro atoms. The SMILES string of the molecule is Cc1cc(-c2nnc(SCC(=O)NC3CCCCC3)n2C)cs1. The molecule has 0 aliphatic heterocycles. The van der Waals surface area contributed by atoms with E-state index >= 15 is 0 Å². The molecular formula is C16H22N4OS2. The molecule has 124 valence electrons. The van der Waals surface area contributed by atoms with Gasteiger partial charge in [0.25, 0.3) is 0 Å². The Morgan fingerprint density at radius 2 is 2.17 bits per heavy atom. The van der Waals surface area contributed by atoms with Crippen LogP contribution in [0.4, 0.5) is 0 Å². The average Bonchev–Trinajstić information content (AvgIpc) is 3.12. The van der Waals surface area contributed by atoms with Crippen LogP contribution in [0, 0.1) is 6.92 Å². The van der Waals surface area contributed by atoms with Crippen LogP contribution < -0.4 is 5.32 Å². The Morgan fingerprint density at radius 3 is 2.87 bits per heavy atom. The predicted octanol–water partition coefficient (Wildman–Crippen LogP) is 3.39. The monoisotopic (exact) mass is 350 g/mol. The van der Waals surface area contributed by atoms with Crippen LogP contribution in [0.2, 0.25) is 0 Å². The van der Waals surface area contributed by atoms with Crippen molar-refractivity contribution in [2.45, 2.75) is 50.2 Å². The Balaban J connectivity index is 1.56. The highest BCUT2D eigenvalue weighted by Crippen LogP contribution is 2.26. The summed E-state index contributed by atoms with van der Waals surface area (Å²) in [6, 6.07) is 2.47. The normalized spacial score (nSPS) is 15.7. The highest BCUT2D eigenvalue weighted by molar-refractivity contribution is 7.99. The fraction of sp³-hybridized carbons (Fsp3) is 0.562. The first-order chi connectivity index (χ1) is 11.1. The van der Waals surface area contributed by atoms with E-state index in [1.54, 1.807) is 11.3 Å². The molecule has 0 unspecified atom stereocenters. The van der Waals surface area contributed by atoms with Gasteiger partial charge in [0.05, 0.1) is 5.75 Å². The average molecular weight is 351 g/mol. The maximum absolute atomic E-state index is 12.1. The molecule has 1 saturated carbocycles. The Morgan fingerprint density at radius 1 is 1.39 bits per heavy atom. The summed E-state index contributed by atoms with van der Waals surface area (Å²) >= 11 is 3.15. The van der Waals surface area contributed by atoms with Gasteiger partial charge >= 0.3 is 0 Å². The van der Waals surface area contributed by atoms with Gasteiger partial charge < -0.3 is 9.88 Å². The second kappa shape index (κ2) is 7.49.